The van der Waals surface area contributed by atoms with E-state index in [1.807, 2.05) is 18.2 Å². The summed E-state index contributed by atoms with van der Waals surface area (Å²) in [4.78, 5) is 0. The molecule has 1 atom stereocenters. The Hall–Kier alpha value is -1.87. The largest absolute Gasteiger partial charge is 0.488 e. The minimum absolute atomic E-state index is 0.126. The summed E-state index contributed by atoms with van der Waals surface area (Å²) in [7, 11) is 0. The number of hydrogen-bond acceptors (Lipinski definition) is 2. The summed E-state index contributed by atoms with van der Waals surface area (Å²) in [6, 6.07) is 13.2. The lowest BCUT2D eigenvalue weighted by molar-refractivity contribution is 0.228. The lowest BCUT2D eigenvalue weighted by Gasteiger charge is -2.12. The van der Waals surface area contributed by atoms with Crippen molar-refractivity contribution < 1.29 is 9.13 Å². The van der Waals surface area contributed by atoms with Gasteiger partial charge in [0, 0.05) is 13.0 Å². The molecule has 0 radical (unpaired) electrons. The van der Waals surface area contributed by atoms with E-state index in [1.54, 1.807) is 6.07 Å². The normalized spacial score (nSPS) is 16.6. The molecule has 0 aromatic heterocycles. The molecular formula is C18H20FNO. The fourth-order valence-corrected chi connectivity index (χ4v) is 2.75. The first kappa shape index (κ1) is 14.1. The molecule has 1 aliphatic rings. The molecule has 110 valence electrons. The number of hydrogen-bond donors (Lipinski definition) is 1. The summed E-state index contributed by atoms with van der Waals surface area (Å²) in [5.74, 6) is 0.876. The molecule has 2 nitrogen and oxygen atoms in total. The van der Waals surface area contributed by atoms with Gasteiger partial charge in [0.2, 0.25) is 0 Å². The summed E-state index contributed by atoms with van der Waals surface area (Å²) < 4.78 is 19.4. The third-order valence-corrected chi connectivity index (χ3v) is 3.86. The standard InChI is InChI=1S/C18H20FNO/c1-13-6-7-18-15(10-13)11-16(21-18)12-20-9-8-14-4-2-3-5-17(14)19/h2-7,10,16,20H,8-9,11-12H2,1H3. The highest BCUT2D eigenvalue weighted by atomic mass is 19.1. The van der Waals surface area contributed by atoms with Crippen LogP contribution in [-0.4, -0.2) is 19.2 Å². The van der Waals surface area contributed by atoms with E-state index in [-0.39, 0.29) is 11.9 Å². The predicted octanol–water partition coefficient (Wildman–Crippen LogP) is 3.27. The van der Waals surface area contributed by atoms with E-state index in [0.717, 1.165) is 30.8 Å². The van der Waals surface area contributed by atoms with Gasteiger partial charge in [-0.2, -0.15) is 0 Å². The van der Waals surface area contributed by atoms with Crippen molar-refractivity contribution in [1.29, 1.82) is 0 Å². The molecule has 0 bridgehead atoms. The van der Waals surface area contributed by atoms with Crippen LogP contribution in [0.15, 0.2) is 42.5 Å². The van der Waals surface area contributed by atoms with E-state index in [2.05, 4.69) is 24.4 Å². The fourth-order valence-electron chi connectivity index (χ4n) is 2.75. The van der Waals surface area contributed by atoms with E-state index in [0.29, 0.717) is 6.42 Å². The van der Waals surface area contributed by atoms with Gasteiger partial charge in [-0.15, -0.1) is 0 Å². The molecule has 0 aliphatic carbocycles. The van der Waals surface area contributed by atoms with Crippen LogP contribution < -0.4 is 10.1 Å². The van der Waals surface area contributed by atoms with Crippen LogP contribution in [0.25, 0.3) is 0 Å². The maximum Gasteiger partial charge on any atom is 0.126 e. The summed E-state index contributed by atoms with van der Waals surface area (Å²) in [5, 5.41) is 3.36. The van der Waals surface area contributed by atoms with Gasteiger partial charge in [-0.05, 0) is 43.1 Å². The molecule has 0 amide bonds. The molecule has 0 saturated carbocycles. The van der Waals surface area contributed by atoms with Gasteiger partial charge in [0.1, 0.15) is 17.7 Å². The molecule has 21 heavy (non-hydrogen) atoms. The molecule has 0 spiro atoms. The molecule has 1 aliphatic heterocycles. The zero-order chi connectivity index (χ0) is 14.7. The van der Waals surface area contributed by atoms with Crippen molar-refractivity contribution >= 4 is 0 Å². The highest BCUT2D eigenvalue weighted by molar-refractivity contribution is 5.40. The lowest BCUT2D eigenvalue weighted by atomic mass is 10.1. The Morgan fingerprint density at radius 3 is 2.95 bits per heavy atom. The second-order valence-electron chi connectivity index (χ2n) is 5.60. The summed E-state index contributed by atoms with van der Waals surface area (Å²) >= 11 is 0. The van der Waals surface area contributed by atoms with Crippen LogP contribution in [0.2, 0.25) is 0 Å². The number of halogens is 1. The van der Waals surface area contributed by atoms with Crippen molar-refractivity contribution in [2.45, 2.75) is 25.9 Å². The van der Waals surface area contributed by atoms with Gasteiger partial charge in [0.15, 0.2) is 0 Å². The second kappa shape index (κ2) is 6.27. The monoisotopic (exact) mass is 285 g/mol. The van der Waals surface area contributed by atoms with Gasteiger partial charge in [0.05, 0.1) is 0 Å². The van der Waals surface area contributed by atoms with E-state index in [4.69, 9.17) is 4.74 Å². The molecule has 1 heterocycles. The van der Waals surface area contributed by atoms with Crippen LogP contribution >= 0.6 is 0 Å². The Balaban J connectivity index is 1.44. The van der Waals surface area contributed by atoms with Gasteiger partial charge in [0.25, 0.3) is 0 Å². The molecule has 3 heteroatoms. The zero-order valence-electron chi connectivity index (χ0n) is 12.2. The number of aryl methyl sites for hydroxylation is 1. The van der Waals surface area contributed by atoms with Gasteiger partial charge in [-0.3, -0.25) is 0 Å². The Kier molecular flexibility index (Phi) is 4.20. The third-order valence-electron chi connectivity index (χ3n) is 3.86. The summed E-state index contributed by atoms with van der Waals surface area (Å²) in [6.07, 6.45) is 1.83. The summed E-state index contributed by atoms with van der Waals surface area (Å²) in [6.45, 7) is 3.65. The molecule has 1 N–H and O–H groups in total. The van der Waals surface area contributed by atoms with E-state index < -0.39 is 0 Å². The molecule has 2 aromatic carbocycles. The summed E-state index contributed by atoms with van der Waals surface area (Å²) in [5.41, 5.74) is 3.32. The first-order chi connectivity index (χ1) is 10.2. The van der Waals surface area contributed by atoms with E-state index in [1.165, 1.54) is 17.2 Å². The molecule has 1 unspecified atom stereocenters. The smallest absolute Gasteiger partial charge is 0.126 e. The zero-order valence-corrected chi connectivity index (χ0v) is 12.2. The molecule has 3 rings (SSSR count). The third kappa shape index (κ3) is 3.42. The topological polar surface area (TPSA) is 21.3 Å². The minimum atomic E-state index is -0.126. The molecular weight excluding hydrogens is 265 g/mol. The van der Waals surface area contributed by atoms with Crippen molar-refractivity contribution in [2.24, 2.45) is 0 Å². The first-order valence-corrected chi connectivity index (χ1v) is 7.42. The van der Waals surface area contributed by atoms with Crippen LogP contribution in [-0.2, 0) is 12.8 Å². The van der Waals surface area contributed by atoms with E-state index in [9.17, 15) is 4.39 Å². The van der Waals surface area contributed by atoms with Gasteiger partial charge < -0.3 is 10.1 Å². The van der Waals surface area contributed by atoms with Crippen molar-refractivity contribution in [1.82, 2.24) is 5.32 Å². The average molecular weight is 285 g/mol. The maximum atomic E-state index is 13.5. The highest BCUT2D eigenvalue weighted by Gasteiger charge is 2.22. The second-order valence-corrected chi connectivity index (χ2v) is 5.60. The van der Waals surface area contributed by atoms with Crippen molar-refractivity contribution in [3.05, 3.63) is 65.0 Å². The SMILES string of the molecule is Cc1ccc2c(c1)CC(CNCCc1ccccc1F)O2. The van der Waals surface area contributed by atoms with Crippen LogP contribution in [0.3, 0.4) is 0 Å². The van der Waals surface area contributed by atoms with Crippen LogP contribution in [0.1, 0.15) is 16.7 Å². The number of nitrogens with one attached hydrogen (secondary N) is 1. The fraction of sp³-hybridized carbons (Fsp3) is 0.333. The van der Waals surface area contributed by atoms with Crippen LogP contribution in [0.5, 0.6) is 5.75 Å². The minimum Gasteiger partial charge on any atom is -0.488 e. The van der Waals surface area contributed by atoms with Gasteiger partial charge in [-0.25, -0.2) is 4.39 Å². The predicted molar refractivity (Wildman–Crippen MR) is 82.3 cm³/mol. The van der Waals surface area contributed by atoms with Crippen LogP contribution in [0.4, 0.5) is 4.39 Å². The number of ether oxygens (including phenoxy) is 1. The van der Waals surface area contributed by atoms with Crippen molar-refractivity contribution in [3.8, 4) is 5.75 Å². The lowest BCUT2D eigenvalue weighted by Crippen LogP contribution is -2.31. The Morgan fingerprint density at radius 1 is 1.24 bits per heavy atom. The average Bonchev–Trinajstić information content (AvgIpc) is 2.87. The maximum absolute atomic E-state index is 13.5. The Morgan fingerprint density at radius 2 is 2.10 bits per heavy atom. The molecule has 2 aromatic rings. The highest BCUT2D eigenvalue weighted by Crippen LogP contribution is 2.29. The number of benzene rings is 2. The molecule has 0 fully saturated rings. The van der Waals surface area contributed by atoms with E-state index >= 15 is 0 Å². The Labute approximate surface area is 125 Å². The number of rotatable bonds is 5. The van der Waals surface area contributed by atoms with Crippen LogP contribution in [0, 0.1) is 12.7 Å². The van der Waals surface area contributed by atoms with Crippen molar-refractivity contribution in [2.75, 3.05) is 13.1 Å². The first-order valence-electron chi connectivity index (χ1n) is 7.42. The Bertz CT molecular complexity index is 626. The quantitative estimate of drug-likeness (QED) is 0.851. The molecule has 0 saturated heterocycles. The van der Waals surface area contributed by atoms with Crippen molar-refractivity contribution in [3.63, 3.8) is 0 Å². The van der Waals surface area contributed by atoms with Gasteiger partial charge in [-0.1, -0.05) is 35.9 Å². The van der Waals surface area contributed by atoms with Gasteiger partial charge >= 0.3 is 0 Å². The number of fused-ring (bicyclic) bond motifs is 1.